The third kappa shape index (κ3) is 6.72. The molecule has 2 aromatic heterocycles. The van der Waals surface area contributed by atoms with Crippen LogP contribution in [0.2, 0.25) is 5.15 Å². The van der Waals surface area contributed by atoms with Crippen molar-refractivity contribution < 1.29 is 4.79 Å². The average Bonchev–Trinajstić information content (AvgIpc) is 2.79. The highest BCUT2D eigenvalue weighted by molar-refractivity contribution is 6.29. The van der Waals surface area contributed by atoms with Crippen molar-refractivity contribution in [2.45, 2.75) is 19.9 Å². The van der Waals surface area contributed by atoms with Crippen molar-refractivity contribution >= 4 is 70.7 Å². The molecule has 2 N–H and O–H groups in total. The molecule has 1 atom stereocenters. The van der Waals surface area contributed by atoms with Gasteiger partial charge in [-0.05, 0) is 61.4 Å². The highest BCUT2D eigenvalue weighted by Crippen LogP contribution is 2.28. The molecule has 1 amide bonds. The highest BCUT2D eigenvalue weighted by atomic mass is 35.5. The van der Waals surface area contributed by atoms with E-state index in [4.69, 9.17) is 16.6 Å². The molecule has 0 bridgehead atoms. The molecule has 0 fully saturated rings. The van der Waals surface area contributed by atoms with Gasteiger partial charge in [-0.2, -0.15) is 4.98 Å². The summed E-state index contributed by atoms with van der Waals surface area (Å²) in [6.45, 7) is 4.13. The van der Waals surface area contributed by atoms with Crippen LogP contribution in [-0.2, 0) is 0 Å². The Hall–Kier alpha value is -3.13. The summed E-state index contributed by atoms with van der Waals surface area (Å²) in [6, 6.07) is 17.1. The number of nitrogens with one attached hydrogen (secondary N) is 2. The van der Waals surface area contributed by atoms with Crippen LogP contribution >= 0.6 is 36.4 Å². The molecule has 0 radical (unpaired) electrons. The minimum absolute atomic E-state index is 0. The van der Waals surface area contributed by atoms with Gasteiger partial charge < -0.3 is 15.5 Å². The second kappa shape index (κ2) is 12.0. The Labute approximate surface area is 222 Å². The predicted molar refractivity (Wildman–Crippen MR) is 149 cm³/mol. The molecule has 0 aliphatic carbocycles. The fraction of sp³-hybridized carbons (Fsp3) is 0.200. The van der Waals surface area contributed by atoms with E-state index in [0.29, 0.717) is 22.4 Å². The topological polar surface area (TPSA) is 83.0 Å². The Morgan fingerprint density at radius 1 is 1.00 bits per heavy atom. The predicted octanol–water partition coefficient (Wildman–Crippen LogP) is 6.32. The summed E-state index contributed by atoms with van der Waals surface area (Å²) >= 11 is 5.79. The maximum Gasteiger partial charge on any atom is 0.257 e. The first-order valence-corrected chi connectivity index (χ1v) is 10.9. The van der Waals surface area contributed by atoms with E-state index in [1.54, 1.807) is 12.1 Å². The van der Waals surface area contributed by atoms with Crippen molar-refractivity contribution in [1.82, 2.24) is 15.0 Å². The number of fused-ring (bicyclic) bond motifs is 1. The van der Waals surface area contributed by atoms with E-state index in [2.05, 4.69) is 46.6 Å². The number of halogens is 3. The van der Waals surface area contributed by atoms with E-state index < -0.39 is 0 Å². The number of nitrogens with zero attached hydrogens (tertiary/aromatic N) is 4. The Balaban J connectivity index is 0.00000216. The molecule has 0 spiro atoms. The molecule has 4 aromatic rings. The van der Waals surface area contributed by atoms with Crippen molar-refractivity contribution in [2.24, 2.45) is 0 Å². The van der Waals surface area contributed by atoms with Gasteiger partial charge in [0.2, 0.25) is 5.95 Å². The van der Waals surface area contributed by atoms with Crippen LogP contribution in [0, 0.1) is 6.92 Å². The van der Waals surface area contributed by atoms with E-state index in [-0.39, 0.29) is 36.8 Å². The second-order valence-electron chi connectivity index (χ2n) is 8.10. The number of carbonyl (C=O) groups excluding carboxylic acids is 1. The summed E-state index contributed by atoms with van der Waals surface area (Å²) in [4.78, 5) is 27.6. The molecule has 0 unspecified atom stereocenters. The van der Waals surface area contributed by atoms with Crippen LogP contribution < -0.4 is 15.5 Å². The number of aryl methyl sites for hydroxylation is 1. The maximum atomic E-state index is 12.4. The quantitative estimate of drug-likeness (QED) is 0.282. The van der Waals surface area contributed by atoms with Crippen LogP contribution in [0.15, 0.2) is 60.8 Å². The number of anilines is 3. The molecular weight excluding hydrogens is 507 g/mol. The molecule has 4 rings (SSSR count). The van der Waals surface area contributed by atoms with Gasteiger partial charge in [0.05, 0.1) is 11.1 Å². The molecular formula is C25H27Cl3N6O. The molecule has 10 heteroatoms. The number of benzene rings is 2. The number of hydrogen-bond acceptors (Lipinski definition) is 6. The Bertz CT molecular complexity index is 1300. The molecule has 7 nitrogen and oxygen atoms in total. The Morgan fingerprint density at radius 3 is 2.34 bits per heavy atom. The van der Waals surface area contributed by atoms with Crippen LogP contribution in [0.3, 0.4) is 0 Å². The smallest absolute Gasteiger partial charge is 0.257 e. The van der Waals surface area contributed by atoms with E-state index in [1.165, 1.54) is 6.20 Å². The molecule has 0 aliphatic rings. The first-order chi connectivity index (χ1) is 15.8. The van der Waals surface area contributed by atoms with E-state index >= 15 is 0 Å². The lowest BCUT2D eigenvalue weighted by atomic mass is 10.1. The summed E-state index contributed by atoms with van der Waals surface area (Å²) in [5.74, 6) is 1.19. The zero-order valence-corrected chi connectivity index (χ0v) is 22.1. The van der Waals surface area contributed by atoms with Crippen LogP contribution in [0.4, 0.5) is 17.5 Å². The first kappa shape index (κ1) is 28.1. The minimum Gasteiger partial charge on any atom is -0.363 e. The molecule has 0 aliphatic heterocycles. The lowest BCUT2D eigenvalue weighted by Gasteiger charge is -2.19. The summed E-state index contributed by atoms with van der Waals surface area (Å²) in [6.07, 6.45) is 1.45. The molecule has 0 saturated carbocycles. The molecule has 35 heavy (non-hydrogen) atoms. The number of carbonyl (C=O) groups is 1. The molecule has 184 valence electrons. The first-order valence-electron chi connectivity index (χ1n) is 10.6. The van der Waals surface area contributed by atoms with Crippen LogP contribution in [0.1, 0.15) is 34.5 Å². The van der Waals surface area contributed by atoms with Gasteiger partial charge in [-0.3, -0.25) is 4.79 Å². The third-order valence-corrected chi connectivity index (χ3v) is 5.48. The van der Waals surface area contributed by atoms with Gasteiger partial charge in [0.25, 0.3) is 5.91 Å². The summed E-state index contributed by atoms with van der Waals surface area (Å²) < 4.78 is 0. The van der Waals surface area contributed by atoms with Gasteiger partial charge in [0.15, 0.2) is 0 Å². The fourth-order valence-corrected chi connectivity index (χ4v) is 3.51. The van der Waals surface area contributed by atoms with Crippen molar-refractivity contribution in [3.63, 3.8) is 0 Å². The van der Waals surface area contributed by atoms with Crippen LogP contribution in [0.25, 0.3) is 10.9 Å². The van der Waals surface area contributed by atoms with Crippen molar-refractivity contribution in [3.8, 4) is 0 Å². The summed E-state index contributed by atoms with van der Waals surface area (Å²) in [5, 5.41) is 7.72. The van der Waals surface area contributed by atoms with Crippen LogP contribution in [0.5, 0.6) is 0 Å². The van der Waals surface area contributed by atoms with Gasteiger partial charge >= 0.3 is 0 Å². The number of aromatic nitrogens is 3. The molecule has 2 heterocycles. The average molecular weight is 534 g/mol. The second-order valence-corrected chi connectivity index (χ2v) is 8.49. The van der Waals surface area contributed by atoms with Crippen molar-refractivity contribution in [3.05, 3.63) is 82.6 Å². The normalized spacial score (nSPS) is 11.1. The van der Waals surface area contributed by atoms with Gasteiger partial charge in [-0.1, -0.05) is 29.8 Å². The van der Waals surface area contributed by atoms with E-state index in [9.17, 15) is 4.79 Å². The number of pyridine rings is 1. The maximum absolute atomic E-state index is 12.4. The standard InChI is InChI=1S/C25H25ClN6O.2ClH/c1-15-5-11-20-21(13-15)30-25(32(3)4)31-23(20)28-16(2)17-6-9-19(10-7-17)29-24(33)18-8-12-22(26)27-14-18;;/h5-14,16H,1-4H3,(H,29,33)(H,28,30,31);2*1H/t16-;;/m0../s1. The number of amides is 1. The monoisotopic (exact) mass is 532 g/mol. The zero-order chi connectivity index (χ0) is 23.5. The Kier molecular flexibility index (Phi) is 9.65. The lowest BCUT2D eigenvalue weighted by Crippen LogP contribution is -2.16. The molecule has 2 aromatic carbocycles. The third-order valence-electron chi connectivity index (χ3n) is 5.25. The van der Waals surface area contributed by atoms with Crippen LogP contribution in [-0.4, -0.2) is 35.0 Å². The van der Waals surface area contributed by atoms with Crippen molar-refractivity contribution in [2.75, 3.05) is 29.6 Å². The van der Waals surface area contributed by atoms with E-state index in [0.717, 1.165) is 27.8 Å². The summed E-state index contributed by atoms with van der Waals surface area (Å²) in [7, 11) is 3.86. The molecule has 0 saturated heterocycles. The minimum atomic E-state index is -0.239. The Morgan fingerprint density at radius 2 is 1.71 bits per heavy atom. The van der Waals surface area contributed by atoms with Gasteiger partial charge in [0.1, 0.15) is 11.0 Å². The van der Waals surface area contributed by atoms with Gasteiger partial charge in [0, 0.05) is 37.4 Å². The van der Waals surface area contributed by atoms with E-state index in [1.807, 2.05) is 49.3 Å². The highest BCUT2D eigenvalue weighted by Gasteiger charge is 2.13. The van der Waals surface area contributed by atoms with Crippen molar-refractivity contribution in [1.29, 1.82) is 0 Å². The number of rotatable bonds is 6. The zero-order valence-electron chi connectivity index (χ0n) is 19.7. The van der Waals surface area contributed by atoms with Gasteiger partial charge in [-0.25, -0.2) is 9.97 Å². The lowest BCUT2D eigenvalue weighted by molar-refractivity contribution is 0.102. The summed E-state index contributed by atoms with van der Waals surface area (Å²) in [5.41, 5.74) is 4.26. The largest absolute Gasteiger partial charge is 0.363 e. The van der Waals surface area contributed by atoms with Gasteiger partial charge in [-0.15, -0.1) is 24.8 Å². The SMILES string of the molecule is Cc1ccc2c(N[C@@H](C)c3ccc(NC(=O)c4ccc(Cl)nc4)cc3)nc(N(C)C)nc2c1.Cl.Cl. The number of hydrogen-bond donors (Lipinski definition) is 2. The fourth-order valence-electron chi connectivity index (χ4n) is 3.39.